The number of ether oxygens (including phenoxy) is 1. The lowest BCUT2D eigenvalue weighted by molar-refractivity contribution is 0.410. The normalized spacial score (nSPS) is 10.3. The summed E-state index contributed by atoms with van der Waals surface area (Å²) in [6.07, 6.45) is 4.77. The molecule has 7 heteroatoms. The van der Waals surface area contributed by atoms with E-state index in [2.05, 4.69) is 25.5 Å². The van der Waals surface area contributed by atoms with Gasteiger partial charge in [-0.3, -0.25) is 10.1 Å². The second-order valence-electron chi connectivity index (χ2n) is 4.24. The highest BCUT2D eigenvalue weighted by atomic mass is 16.5. The first-order chi connectivity index (χ1) is 10.3. The molecule has 7 nitrogen and oxygen atoms in total. The summed E-state index contributed by atoms with van der Waals surface area (Å²) >= 11 is 0. The number of phenols is 1. The van der Waals surface area contributed by atoms with E-state index in [4.69, 9.17) is 4.74 Å². The maximum absolute atomic E-state index is 10.0. The molecule has 3 N–H and O–H groups in total. The first kappa shape index (κ1) is 12.9. The number of rotatable bonds is 4. The van der Waals surface area contributed by atoms with Crippen LogP contribution in [-0.2, 0) is 0 Å². The van der Waals surface area contributed by atoms with Crippen LogP contribution in [0.1, 0.15) is 0 Å². The maximum atomic E-state index is 10.0. The van der Waals surface area contributed by atoms with Gasteiger partial charge in [-0.15, -0.1) is 0 Å². The summed E-state index contributed by atoms with van der Waals surface area (Å²) in [4.78, 5) is 8.07. The van der Waals surface area contributed by atoms with Gasteiger partial charge in [-0.25, -0.2) is 4.98 Å². The van der Waals surface area contributed by atoms with Crippen LogP contribution in [0.25, 0.3) is 11.3 Å². The van der Waals surface area contributed by atoms with Crippen LogP contribution >= 0.6 is 0 Å². The van der Waals surface area contributed by atoms with E-state index >= 15 is 0 Å². The monoisotopic (exact) mass is 283 g/mol. The zero-order valence-corrected chi connectivity index (χ0v) is 11.2. The number of hydrogen-bond acceptors (Lipinski definition) is 6. The van der Waals surface area contributed by atoms with E-state index in [1.165, 1.54) is 0 Å². The van der Waals surface area contributed by atoms with Crippen molar-refractivity contribution in [2.75, 3.05) is 12.4 Å². The van der Waals surface area contributed by atoms with Crippen LogP contribution in [0.3, 0.4) is 0 Å². The second-order valence-corrected chi connectivity index (χ2v) is 4.24. The van der Waals surface area contributed by atoms with E-state index in [1.807, 2.05) is 0 Å². The van der Waals surface area contributed by atoms with Crippen LogP contribution in [-0.4, -0.2) is 32.4 Å². The molecule has 0 aliphatic carbocycles. The molecule has 21 heavy (non-hydrogen) atoms. The lowest BCUT2D eigenvalue weighted by atomic mass is 10.1. The maximum Gasteiger partial charge on any atom is 0.153 e. The summed E-state index contributed by atoms with van der Waals surface area (Å²) in [5.41, 5.74) is 1.19. The quantitative estimate of drug-likeness (QED) is 0.680. The molecule has 0 saturated heterocycles. The Hall–Kier alpha value is -3.09. The summed E-state index contributed by atoms with van der Waals surface area (Å²) in [6.45, 7) is 0. The van der Waals surface area contributed by atoms with Crippen molar-refractivity contribution in [2.24, 2.45) is 0 Å². The first-order valence-electron chi connectivity index (χ1n) is 6.22. The molecule has 0 saturated carbocycles. The predicted octanol–water partition coefficient (Wildman–Crippen LogP) is 2.32. The largest absolute Gasteiger partial charge is 0.507 e. The molecule has 0 atom stereocenters. The Balaban J connectivity index is 1.92. The highest BCUT2D eigenvalue weighted by Crippen LogP contribution is 2.37. The van der Waals surface area contributed by atoms with Gasteiger partial charge in [0.15, 0.2) is 5.82 Å². The molecule has 106 valence electrons. The molecular weight excluding hydrogens is 270 g/mol. The van der Waals surface area contributed by atoms with Crippen LogP contribution < -0.4 is 10.1 Å². The number of aromatic hydroxyl groups is 1. The van der Waals surface area contributed by atoms with Crippen molar-refractivity contribution in [3.05, 3.63) is 42.9 Å². The molecular formula is C14H13N5O2. The Morgan fingerprint density at radius 2 is 2.14 bits per heavy atom. The molecule has 0 bridgehead atoms. The number of anilines is 2. The fourth-order valence-electron chi connectivity index (χ4n) is 1.97. The van der Waals surface area contributed by atoms with E-state index in [9.17, 15) is 5.11 Å². The SMILES string of the molecule is COc1cccc(O)c1-c1cc(Nc2cnccn2)n[nH]1. The number of nitrogens with zero attached hydrogens (tertiary/aromatic N) is 3. The highest BCUT2D eigenvalue weighted by Gasteiger charge is 2.13. The second kappa shape index (κ2) is 5.49. The Labute approximate surface area is 120 Å². The molecule has 0 spiro atoms. The fourth-order valence-corrected chi connectivity index (χ4v) is 1.97. The average molecular weight is 283 g/mol. The number of nitrogens with one attached hydrogen (secondary N) is 2. The van der Waals surface area contributed by atoms with Crippen molar-refractivity contribution in [2.45, 2.75) is 0 Å². The van der Waals surface area contributed by atoms with Crippen molar-refractivity contribution in [1.82, 2.24) is 20.2 Å². The third-order valence-corrected chi connectivity index (χ3v) is 2.89. The van der Waals surface area contributed by atoms with E-state index in [-0.39, 0.29) is 5.75 Å². The van der Waals surface area contributed by atoms with Gasteiger partial charge in [0.25, 0.3) is 0 Å². The van der Waals surface area contributed by atoms with E-state index in [1.54, 1.807) is 50.0 Å². The predicted molar refractivity (Wildman–Crippen MR) is 77.6 cm³/mol. The van der Waals surface area contributed by atoms with Crippen molar-refractivity contribution >= 4 is 11.6 Å². The number of aromatic amines is 1. The Kier molecular flexibility index (Phi) is 3.38. The van der Waals surface area contributed by atoms with Crippen LogP contribution in [0.15, 0.2) is 42.9 Å². The van der Waals surface area contributed by atoms with Crippen molar-refractivity contribution in [3.63, 3.8) is 0 Å². The third-order valence-electron chi connectivity index (χ3n) is 2.89. The van der Waals surface area contributed by atoms with Gasteiger partial charge in [-0.1, -0.05) is 6.07 Å². The Morgan fingerprint density at radius 1 is 1.24 bits per heavy atom. The Morgan fingerprint density at radius 3 is 2.90 bits per heavy atom. The van der Waals surface area contributed by atoms with Gasteiger partial charge in [0.1, 0.15) is 17.3 Å². The molecule has 3 aromatic rings. The topological polar surface area (TPSA) is 96.0 Å². The molecule has 0 aliphatic rings. The molecule has 3 rings (SSSR count). The van der Waals surface area contributed by atoms with Gasteiger partial charge in [0.2, 0.25) is 0 Å². The van der Waals surface area contributed by atoms with Crippen LogP contribution in [0.5, 0.6) is 11.5 Å². The summed E-state index contributed by atoms with van der Waals surface area (Å²) < 4.78 is 5.26. The molecule has 2 aromatic heterocycles. The van der Waals surface area contributed by atoms with Crippen molar-refractivity contribution in [1.29, 1.82) is 0 Å². The van der Waals surface area contributed by atoms with Gasteiger partial charge in [-0.05, 0) is 12.1 Å². The zero-order chi connectivity index (χ0) is 14.7. The molecule has 0 unspecified atom stereocenters. The number of H-pyrrole nitrogens is 1. The van der Waals surface area contributed by atoms with E-state index in [0.717, 1.165) is 0 Å². The average Bonchev–Trinajstić information content (AvgIpc) is 2.96. The summed E-state index contributed by atoms with van der Waals surface area (Å²) in [7, 11) is 1.55. The lowest BCUT2D eigenvalue weighted by Crippen LogP contribution is -1.93. The van der Waals surface area contributed by atoms with E-state index < -0.39 is 0 Å². The summed E-state index contributed by atoms with van der Waals surface area (Å²) in [6, 6.07) is 6.83. The highest BCUT2D eigenvalue weighted by molar-refractivity contribution is 5.75. The number of methoxy groups -OCH3 is 1. The smallest absolute Gasteiger partial charge is 0.153 e. The van der Waals surface area contributed by atoms with Gasteiger partial charge >= 0.3 is 0 Å². The number of hydrogen-bond donors (Lipinski definition) is 3. The molecule has 0 aliphatic heterocycles. The number of aromatic nitrogens is 4. The van der Waals surface area contributed by atoms with Gasteiger partial charge in [-0.2, -0.15) is 5.10 Å². The molecule has 0 amide bonds. The summed E-state index contributed by atoms with van der Waals surface area (Å²) in [5, 5.41) is 20.0. The van der Waals surface area contributed by atoms with Gasteiger partial charge in [0.05, 0.1) is 24.6 Å². The number of phenolic OH excluding ortho intramolecular Hbond substituents is 1. The minimum Gasteiger partial charge on any atom is -0.507 e. The fraction of sp³-hybridized carbons (Fsp3) is 0.0714. The third kappa shape index (κ3) is 2.62. The first-order valence-corrected chi connectivity index (χ1v) is 6.22. The van der Waals surface area contributed by atoms with Crippen molar-refractivity contribution in [3.8, 4) is 22.8 Å². The van der Waals surface area contributed by atoms with E-state index in [0.29, 0.717) is 28.6 Å². The van der Waals surface area contributed by atoms with Gasteiger partial charge < -0.3 is 15.2 Å². The molecule has 0 fully saturated rings. The van der Waals surface area contributed by atoms with Crippen LogP contribution in [0.2, 0.25) is 0 Å². The lowest BCUT2D eigenvalue weighted by Gasteiger charge is -2.07. The molecule has 0 radical (unpaired) electrons. The van der Waals surface area contributed by atoms with Crippen LogP contribution in [0.4, 0.5) is 11.6 Å². The standard InChI is InChI=1S/C14H13N5O2/c1-21-11-4-2-3-10(20)14(11)9-7-12(19-18-9)17-13-8-15-5-6-16-13/h2-8,20H,1H3,(H2,16,17,18,19). The minimum atomic E-state index is 0.115. The summed E-state index contributed by atoms with van der Waals surface area (Å²) in [5.74, 6) is 1.82. The Bertz CT molecular complexity index is 742. The molecule has 2 heterocycles. The van der Waals surface area contributed by atoms with Crippen molar-refractivity contribution < 1.29 is 9.84 Å². The van der Waals surface area contributed by atoms with Gasteiger partial charge in [0, 0.05) is 18.5 Å². The minimum absolute atomic E-state index is 0.115. The number of benzene rings is 1. The molecule has 1 aromatic carbocycles. The zero-order valence-electron chi connectivity index (χ0n) is 11.2. The van der Waals surface area contributed by atoms with Crippen LogP contribution in [0, 0.1) is 0 Å².